The summed E-state index contributed by atoms with van der Waals surface area (Å²) in [5, 5.41) is 0. The summed E-state index contributed by atoms with van der Waals surface area (Å²) in [5.74, 6) is -2.04. The van der Waals surface area contributed by atoms with Crippen LogP contribution < -0.4 is 5.73 Å². The summed E-state index contributed by atoms with van der Waals surface area (Å²) in [4.78, 5) is 13.1. The van der Waals surface area contributed by atoms with E-state index in [-0.39, 0.29) is 30.6 Å². The Morgan fingerprint density at radius 1 is 1.40 bits per heavy atom. The molecule has 0 aliphatic heterocycles. The van der Waals surface area contributed by atoms with Crippen molar-refractivity contribution in [1.29, 1.82) is 0 Å². The molecule has 114 valence electrons. The van der Waals surface area contributed by atoms with E-state index in [1.165, 1.54) is 11.9 Å². The summed E-state index contributed by atoms with van der Waals surface area (Å²) >= 11 is 0. The SMILES string of the molecule is CC(CN)N(C)C(=O)c1ccc(F)c(C(F)(F)F)c1.Cl. The maximum atomic E-state index is 13.1. The quantitative estimate of drug-likeness (QED) is 0.872. The zero-order valence-corrected chi connectivity index (χ0v) is 11.7. The fourth-order valence-electron chi connectivity index (χ4n) is 1.44. The Morgan fingerprint density at radius 3 is 2.40 bits per heavy atom. The van der Waals surface area contributed by atoms with Crippen LogP contribution in [0.2, 0.25) is 0 Å². The Bertz CT molecular complexity index is 479. The third-order valence-electron chi connectivity index (χ3n) is 2.84. The molecule has 0 aliphatic rings. The summed E-state index contributed by atoms with van der Waals surface area (Å²) in [6.45, 7) is 1.83. The first-order chi connectivity index (χ1) is 8.68. The maximum Gasteiger partial charge on any atom is 0.419 e. The number of hydrogen-bond donors (Lipinski definition) is 1. The molecular formula is C12H15ClF4N2O. The van der Waals surface area contributed by atoms with Gasteiger partial charge in [-0.15, -0.1) is 12.4 Å². The van der Waals surface area contributed by atoms with Crippen molar-refractivity contribution in [3.05, 3.63) is 35.1 Å². The molecule has 0 aliphatic carbocycles. The van der Waals surface area contributed by atoms with E-state index in [9.17, 15) is 22.4 Å². The van der Waals surface area contributed by atoms with Crippen LogP contribution in [0.5, 0.6) is 0 Å². The van der Waals surface area contributed by atoms with Crippen LogP contribution in [0, 0.1) is 5.82 Å². The molecule has 1 atom stereocenters. The molecule has 0 saturated heterocycles. The maximum absolute atomic E-state index is 13.1. The molecule has 1 rings (SSSR count). The molecular weight excluding hydrogens is 300 g/mol. The molecule has 2 N–H and O–H groups in total. The Morgan fingerprint density at radius 2 is 1.95 bits per heavy atom. The number of nitrogens with zero attached hydrogens (tertiary/aromatic N) is 1. The van der Waals surface area contributed by atoms with Crippen molar-refractivity contribution in [3.63, 3.8) is 0 Å². The summed E-state index contributed by atoms with van der Waals surface area (Å²) in [6.07, 6.45) is -4.83. The summed E-state index contributed by atoms with van der Waals surface area (Å²) < 4.78 is 50.7. The highest BCUT2D eigenvalue weighted by Crippen LogP contribution is 2.32. The summed E-state index contributed by atoms with van der Waals surface area (Å²) in [6, 6.07) is 1.84. The van der Waals surface area contributed by atoms with Crippen LogP contribution in [0.15, 0.2) is 18.2 Å². The van der Waals surface area contributed by atoms with Crippen molar-refractivity contribution in [2.45, 2.75) is 19.1 Å². The van der Waals surface area contributed by atoms with Gasteiger partial charge in [0.05, 0.1) is 5.56 Å². The van der Waals surface area contributed by atoms with Gasteiger partial charge in [-0.25, -0.2) is 4.39 Å². The van der Waals surface area contributed by atoms with E-state index in [1.54, 1.807) is 6.92 Å². The molecule has 0 fully saturated rings. The first-order valence-corrected chi connectivity index (χ1v) is 5.52. The largest absolute Gasteiger partial charge is 0.419 e. The van der Waals surface area contributed by atoms with Crippen LogP contribution in [-0.2, 0) is 6.18 Å². The van der Waals surface area contributed by atoms with E-state index in [0.29, 0.717) is 12.1 Å². The average Bonchev–Trinajstić information content (AvgIpc) is 2.35. The van der Waals surface area contributed by atoms with Crippen LogP contribution in [0.4, 0.5) is 17.6 Å². The first-order valence-electron chi connectivity index (χ1n) is 5.52. The third-order valence-corrected chi connectivity index (χ3v) is 2.84. The smallest absolute Gasteiger partial charge is 0.338 e. The van der Waals surface area contributed by atoms with E-state index in [0.717, 1.165) is 6.07 Å². The Hall–Kier alpha value is -1.34. The van der Waals surface area contributed by atoms with Gasteiger partial charge in [0.25, 0.3) is 5.91 Å². The molecule has 0 saturated carbocycles. The minimum Gasteiger partial charge on any atom is -0.338 e. The molecule has 0 aromatic heterocycles. The van der Waals surface area contributed by atoms with Crippen molar-refractivity contribution >= 4 is 18.3 Å². The van der Waals surface area contributed by atoms with Gasteiger partial charge in [-0.3, -0.25) is 4.79 Å². The van der Waals surface area contributed by atoms with Crippen molar-refractivity contribution in [1.82, 2.24) is 4.90 Å². The minimum atomic E-state index is -4.83. The fraction of sp³-hybridized carbons (Fsp3) is 0.417. The van der Waals surface area contributed by atoms with E-state index in [2.05, 4.69) is 0 Å². The molecule has 8 heteroatoms. The first kappa shape index (κ1) is 18.7. The van der Waals surface area contributed by atoms with Crippen LogP contribution >= 0.6 is 12.4 Å². The van der Waals surface area contributed by atoms with E-state index < -0.39 is 23.5 Å². The Balaban J connectivity index is 0.00000361. The third kappa shape index (κ3) is 4.08. The Kier molecular flexibility index (Phi) is 6.43. The number of alkyl halides is 3. The second kappa shape index (κ2) is 6.90. The topological polar surface area (TPSA) is 46.3 Å². The highest BCUT2D eigenvalue weighted by atomic mass is 35.5. The molecule has 1 unspecified atom stereocenters. The molecule has 1 amide bonds. The lowest BCUT2D eigenvalue weighted by Gasteiger charge is -2.24. The van der Waals surface area contributed by atoms with Crippen molar-refractivity contribution in [2.24, 2.45) is 5.73 Å². The zero-order valence-electron chi connectivity index (χ0n) is 10.9. The van der Waals surface area contributed by atoms with Crippen LogP contribution in [0.3, 0.4) is 0 Å². The molecule has 0 bridgehead atoms. The molecule has 0 radical (unpaired) electrons. The van der Waals surface area contributed by atoms with Gasteiger partial charge in [-0.1, -0.05) is 0 Å². The van der Waals surface area contributed by atoms with Gasteiger partial charge in [0.1, 0.15) is 5.82 Å². The van der Waals surface area contributed by atoms with E-state index in [1.807, 2.05) is 0 Å². The van der Waals surface area contributed by atoms with Gasteiger partial charge in [0.15, 0.2) is 0 Å². The van der Waals surface area contributed by atoms with Crippen LogP contribution in [-0.4, -0.2) is 30.4 Å². The monoisotopic (exact) mass is 314 g/mol. The molecule has 20 heavy (non-hydrogen) atoms. The van der Waals surface area contributed by atoms with Gasteiger partial charge in [0, 0.05) is 25.2 Å². The number of hydrogen-bond acceptors (Lipinski definition) is 2. The normalized spacial score (nSPS) is 12.6. The van der Waals surface area contributed by atoms with E-state index in [4.69, 9.17) is 5.73 Å². The highest BCUT2D eigenvalue weighted by molar-refractivity contribution is 5.94. The fourth-order valence-corrected chi connectivity index (χ4v) is 1.44. The van der Waals surface area contributed by atoms with Crippen molar-refractivity contribution < 1.29 is 22.4 Å². The Labute approximate surface area is 120 Å². The second-order valence-electron chi connectivity index (χ2n) is 4.19. The molecule has 1 aromatic carbocycles. The van der Waals surface area contributed by atoms with Crippen LogP contribution in [0.1, 0.15) is 22.8 Å². The lowest BCUT2D eigenvalue weighted by Crippen LogP contribution is -2.39. The number of carbonyl (C=O) groups excluding carboxylic acids is 1. The summed E-state index contributed by atoms with van der Waals surface area (Å²) in [7, 11) is 1.43. The number of nitrogens with two attached hydrogens (primary N) is 1. The molecule has 1 aromatic rings. The number of benzene rings is 1. The number of rotatable bonds is 3. The number of amides is 1. The van der Waals surface area contributed by atoms with Gasteiger partial charge >= 0.3 is 6.18 Å². The standard InChI is InChI=1S/C12H14F4N2O.ClH/c1-7(6-17)18(2)11(19)8-3-4-10(13)9(5-8)12(14,15)16;/h3-5,7H,6,17H2,1-2H3;1H. The van der Waals surface area contributed by atoms with E-state index >= 15 is 0 Å². The highest BCUT2D eigenvalue weighted by Gasteiger charge is 2.35. The zero-order chi connectivity index (χ0) is 14.8. The lowest BCUT2D eigenvalue weighted by molar-refractivity contribution is -0.140. The van der Waals surface area contributed by atoms with Gasteiger partial charge in [0.2, 0.25) is 0 Å². The van der Waals surface area contributed by atoms with Crippen molar-refractivity contribution in [2.75, 3.05) is 13.6 Å². The number of halogens is 5. The second-order valence-corrected chi connectivity index (χ2v) is 4.19. The van der Waals surface area contributed by atoms with Gasteiger partial charge in [-0.05, 0) is 25.1 Å². The number of likely N-dealkylation sites (N-methyl/N-ethyl adjacent to an activating group) is 1. The molecule has 0 spiro atoms. The van der Waals surface area contributed by atoms with Gasteiger partial charge in [-0.2, -0.15) is 13.2 Å². The predicted molar refractivity (Wildman–Crippen MR) is 69.3 cm³/mol. The average molecular weight is 315 g/mol. The van der Waals surface area contributed by atoms with Crippen LogP contribution in [0.25, 0.3) is 0 Å². The number of carbonyl (C=O) groups is 1. The lowest BCUT2D eigenvalue weighted by atomic mass is 10.1. The van der Waals surface area contributed by atoms with Crippen molar-refractivity contribution in [3.8, 4) is 0 Å². The molecule has 3 nitrogen and oxygen atoms in total. The van der Waals surface area contributed by atoms with Gasteiger partial charge < -0.3 is 10.6 Å². The minimum absolute atomic E-state index is 0. The summed E-state index contributed by atoms with van der Waals surface area (Å²) in [5.41, 5.74) is 3.70. The molecule has 0 heterocycles. The predicted octanol–water partition coefficient (Wildman–Crippen LogP) is 2.69.